The number of halogens is 1. The van der Waals surface area contributed by atoms with Crippen LogP contribution in [0.2, 0.25) is 0 Å². The van der Waals surface area contributed by atoms with Gasteiger partial charge in [0.05, 0.1) is 6.04 Å². The molecule has 0 unspecified atom stereocenters. The molecule has 27 heavy (non-hydrogen) atoms. The normalized spacial score (nSPS) is 14.4. The molecule has 140 valence electrons. The third kappa shape index (κ3) is 3.96. The molecule has 0 aliphatic heterocycles. The van der Waals surface area contributed by atoms with Crippen molar-refractivity contribution < 1.29 is 4.79 Å². The minimum absolute atomic E-state index is 0.0624. The van der Waals surface area contributed by atoms with Crippen LogP contribution in [0.3, 0.4) is 0 Å². The zero-order valence-electron chi connectivity index (χ0n) is 15.2. The lowest BCUT2D eigenvalue weighted by Crippen LogP contribution is -2.32. The van der Waals surface area contributed by atoms with Crippen LogP contribution < -0.4 is 10.6 Å². The van der Waals surface area contributed by atoms with Gasteiger partial charge in [0, 0.05) is 33.0 Å². The topological polar surface area (TPSA) is 46.1 Å². The minimum Gasteiger partial charge on any atom is -0.331 e. The molecule has 6 heteroatoms. The molecule has 0 radical (unpaired) electrons. The van der Waals surface area contributed by atoms with Gasteiger partial charge in [-0.25, -0.2) is 4.79 Å². The highest BCUT2D eigenvalue weighted by molar-refractivity contribution is 9.10. The van der Waals surface area contributed by atoms with Gasteiger partial charge in [0.2, 0.25) is 0 Å². The predicted octanol–water partition coefficient (Wildman–Crippen LogP) is 6.06. The van der Waals surface area contributed by atoms with E-state index in [1.807, 2.05) is 47.7 Å². The third-order valence-electron chi connectivity index (χ3n) is 4.89. The monoisotopic (exact) mass is 443 g/mol. The molecule has 1 aromatic carbocycles. The van der Waals surface area contributed by atoms with E-state index in [9.17, 15) is 4.79 Å². The molecule has 1 aliphatic carbocycles. The second-order valence-electron chi connectivity index (χ2n) is 6.85. The Hall–Kier alpha value is -2.05. The van der Waals surface area contributed by atoms with Crippen molar-refractivity contribution in [2.24, 2.45) is 0 Å². The zero-order chi connectivity index (χ0) is 18.8. The number of nitrogens with one attached hydrogen (secondary N) is 2. The number of hydrogen-bond acceptors (Lipinski definition) is 2. The van der Waals surface area contributed by atoms with Crippen LogP contribution in [0.4, 0.5) is 10.5 Å². The summed E-state index contributed by atoms with van der Waals surface area (Å²) in [6, 6.07) is 11.5. The fourth-order valence-corrected chi connectivity index (χ4v) is 5.54. The van der Waals surface area contributed by atoms with Crippen molar-refractivity contribution in [3.8, 4) is 5.00 Å². The van der Waals surface area contributed by atoms with Gasteiger partial charge in [0.15, 0.2) is 0 Å². The average Bonchev–Trinajstić information content (AvgIpc) is 3.29. The first kappa shape index (κ1) is 18.3. The third-order valence-corrected chi connectivity index (χ3v) is 6.71. The summed E-state index contributed by atoms with van der Waals surface area (Å²) < 4.78 is 3.11. The van der Waals surface area contributed by atoms with Crippen LogP contribution in [0, 0.1) is 0 Å². The number of amides is 2. The summed E-state index contributed by atoms with van der Waals surface area (Å²) in [7, 11) is 0. The summed E-state index contributed by atoms with van der Waals surface area (Å²) >= 11 is 5.30. The second-order valence-corrected chi connectivity index (χ2v) is 8.85. The molecule has 2 aromatic heterocycles. The number of urea groups is 1. The predicted molar refractivity (Wildman–Crippen MR) is 115 cm³/mol. The lowest BCUT2D eigenvalue weighted by molar-refractivity contribution is 0.249. The summed E-state index contributed by atoms with van der Waals surface area (Å²) in [5.41, 5.74) is 3.47. The summed E-state index contributed by atoms with van der Waals surface area (Å²) in [4.78, 5) is 14.0. The van der Waals surface area contributed by atoms with E-state index < -0.39 is 0 Å². The number of nitrogens with zero attached hydrogens (tertiary/aromatic N) is 1. The Morgan fingerprint density at radius 3 is 2.74 bits per heavy atom. The van der Waals surface area contributed by atoms with Crippen molar-refractivity contribution in [2.75, 3.05) is 5.32 Å². The second kappa shape index (κ2) is 7.90. The Bertz CT molecular complexity index is 948. The number of hydrogen-bond donors (Lipinski definition) is 2. The molecule has 2 amide bonds. The smallest absolute Gasteiger partial charge is 0.319 e. The zero-order valence-corrected chi connectivity index (χ0v) is 17.6. The Kier molecular flexibility index (Phi) is 5.36. The van der Waals surface area contributed by atoms with Crippen LogP contribution in [0.25, 0.3) is 5.00 Å². The van der Waals surface area contributed by atoms with Crippen LogP contribution in [0.1, 0.15) is 41.8 Å². The minimum atomic E-state index is -0.185. The molecule has 0 saturated heterocycles. The highest BCUT2D eigenvalue weighted by atomic mass is 79.9. The molecule has 2 heterocycles. The lowest BCUT2D eigenvalue weighted by atomic mass is 9.93. The van der Waals surface area contributed by atoms with Gasteiger partial charge in [0.1, 0.15) is 5.00 Å². The van der Waals surface area contributed by atoms with Crippen molar-refractivity contribution in [2.45, 2.75) is 38.6 Å². The van der Waals surface area contributed by atoms with Gasteiger partial charge in [-0.05, 0) is 68.5 Å². The van der Waals surface area contributed by atoms with E-state index in [4.69, 9.17) is 0 Å². The van der Waals surface area contributed by atoms with Gasteiger partial charge in [-0.15, -0.1) is 11.3 Å². The van der Waals surface area contributed by atoms with Crippen LogP contribution in [0.5, 0.6) is 0 Å². The lowest BCUT2D eigenvalue weighted by Gasteiger charge is -2.20. The number of thiophene rings is 1. The number of carbonyl (C=O) groups is 1. The maximum atomic E-state index is 12.6. The first-order valence-electron chi connectivity index (χ1n) is 9.22. The maximum absolute atomic E-state index is 12.6. The van der Waals surface area contributed by atoms with Crippen molar-refractivity contribution in [3.05, 3.63) is 69.3 Å². The molecule has 2 N–H and O–H groups in total. The van der Waals surface area contributed by atoms with Gasteiger partial charge in [0.25, 0.3) is 0 Å². The molecule has 0 saturated carbocycles. The van der Waals surface area contributed by atoms with E-state index in [0.717, 1.165) is 23.0 Å². The maximum Gasteiger partial charge on any atom is 0.319 e. The first-order chi connectivity index (χ1) is 13.1. The summed E-state index contributed by atoms with van der Waals surface area (Å²) in [6.45, 7) is 2.07. The molecule has 3 aromatic rings. The highest BCUT2D eigenvalue weighted by Gasteiger charge is 2.25. The van der Waals surface area contributed by atoms with Crippen molar-refractivity contribution in [1.82, 2.24) is 9.88 Å². The number of aryl methyl sites for hydroxylation is 1. The van der Waals surface area contributed by atoms with E-state index in [1.54, 1.807) is 0 Å². The van der Waals surface area contributed by atoms with Crippen LogP contribution in [-0.4, -0.2) is 10.6 Å². The molecule has 1 atom stereocenters. The number of rotatable bonds is 4. The van der Waals surface area contributed by atoms with Gasteiger partial charge in [-0.3, -0.25) is 0 Å². The number of aromatic nitrogens is 1. The molecule has 0 spiro atoms. The van der Waals surface area contributed by atoms with E-state index in [0.29, 0.717) is 0 Å². The highest BCUT2D eigenvalue weighted by Crippen LogP contribution is 2.40. The Balaban J connectivity index is 1.58. The number of fused-ring (bicyclic) bond motifs is 1. The molecule has 0 bridgehead atoms. The molecule has 4 rings (SSSR count). The number of anilines is 1. The van der Waals surface area contributed by atoms with Gasteiger partial charge in [-0.2, -0.15) is 0 Å². The average molecular weight is 444 g/mol. The fraction of sp³-hybridized carbons (Fsp3) is 0.286. The van der Waals surface area contributed by atoms with Gasteiger partial charge in [-0.1, -0.05) is 22.0 Å². The van der Waals surface area contributed by atoms with Crippen LogP contribution in [-0.2, 0) is 12.8 Å². The quantitative estimate of drug-likeness (QED) is 0.505. The summed E-state index contributed by atoms with van der Waals surface area (Å²) in [5.74, 6) is 0. The summed E-state index contributed by atoms with van der Waals surface area (Å²) in [5, 5.41) is 7.28. The van der Waals surface area contributed by atoms with Gasteiger partial charge < -0.3 is 15.2 Å². The largest absolute Gasteiger partial charge is 0.331 e. The molecule has 4 nitrogen and oxygen atoms in total. The number of benzene rings is 1. The SMILES string of the molecule is C[C@@H](NC(=O)Nc1cccc(Br)c1)c1c(-n2cccc2)sc2c1CCCC2. The van der Waals surface area contributed by atoms with E-state index in [-0.39, 0.29) is 12.1 Å². The first-order valence-corrected chi connectivity index (χ1v) is 10.8. The van der Waals surface area contributed by atoms with Crippen molar-refractivity contribution in [3.63, 3.8) is 0 Å². The Morgan fingerprint density at radius 1 is 1.19 bits per heavy atom. The molecule has 1 aliphatic rings. The molecular formula is C21H22BrN3OS. The molecule has 0 fully saturated rings. The summed E-state index contributed by atoms with van der Waals surface area (Å²) in [6.07, 6.45) is 8.87. The molecular weight excluding hydrogens is 422 g/mol. The van der Waals surface area contributed by atoms with Gasteiger partial charge >= 0.3 is 6.03 Å². The van der Waals surface area contributed by atoms with Crippen molar-refractivity contribution >= 4 is 39.0 Å². The van der Waals surface area contributed by atoms with Crippen LogP contribution in [0.15, 0.2) is 53.3 Å². The standard InChI is InChI=1S/C21H22BrN3OS/c1-14(23-21(26)24-16-8-6-7-15(22)13-16)19-17-9-2-3-10-18(17)27-20(19)25-11-4-5-12-25/h4-8,11-14H,2-3,9-10H2,1H3,(H2,23,24,26)/t14-/m1/s1. The Labute approximate surface area is 171 Å². The Morgan fingerprint density at radius 2 is 1.96 bits per heavy atom. The number of carbonyl (C=O) groups excluding carboxylic acids is 1. The van der Waals surface area contributed by atoms with E-state index in [1.165, 1.54) is 33.8 Å². The van der Waals surface area contributed by atoms with E-state index in [2.05, 4.69) is 50.4 Å². The van der Waals surface area contributed by atoms with Crippen LogP contribution >= 0.6 is 27.3 Å². The fourth-order valence-electron chi connectivity index (χ4n) is 3.69. The van der Waals surface area contributed by atoms with E-state index >= 15 is 0 Å². The van der Waals surface area contributed by atoms with Crippen molar-refractivity contribution in [1.29, 1.82) is 0 Å².